The summed E-state index contributed by atoms with van der Waals surface area (Å²) in [6.07, 6.45) is 0.428. The van der Waals surface area contributed by atoms with Gasteiger partial charge in [-0.2, -0.15) is 0 Å². The molecule has 0 saturated carbocycles. The van der Waals surface area contributed by atoms with Crippen LogP contribution in [-0.4, -0.2) is 27.6 Å². The Bertz CT molecular complexity index is 943. The lowest BCUT2D eigenvalue weighted by molar-refractivity contribution is 0.0921. The number of H-pyrrole nitrogens is 1. The van der Waals surface area contributed by atoms with E-state index in [0.717, 1.165) is 16.9 Å². The molecule has 0 amide bonds. The van der Waals surface area contributed by atoms with Crippen molar-refractivity contribution in [1.29, 1.82) is 0 Å². The summed E-state index contributed by atoms with van der Waals surface area (Å²) < 4.78 is 5.46. The summed E-state index contributed by atoms with van der Waals surface area (Å²) in [6.45, 7) is -0.136. The van der Waals surface area contributed by atoms with Gasteiger partial charge in [-0.15, -0.1) is 0 Å². The lowest BCUT2D eigenvalue weighted by atomic mass is 10.1. The molecule has 0 fully saturated rings. The Balaban J connectivity index is 1.60. The van der Waals surface area contributed by atoms with Crippen molar-refractivity contribution in [2.75, 3.05) is 6.61 Å². The number of phenolic OH excluding ortho intramolecular Hbond substituents is 1. The number of ketones is 1. The minimum absolute atomic E-state index is 0.0329. The summed E-state index contributed by atoms with van der Waals surface area (Å²) in [6, 6.07) is 13.1. The summed E-state index contributed by atoms with van der Waals surface area (Å²) in [4.78, 5) is 25.8. The Morgan fingerprint density at radius 2 is 1.88 bits per heavy atom. The zero-order valence-electron chi connectivity index (χ0n) is 13.1. The van der Waals surface area contributed by atoms with Gasteiger partial charge in [-0.25, -0.2) is 0 Å². The number of hydrogen-bond acceptors (Lipinski definition) is 6. The minimum Gasteiger partial charge on any atom is -0.508 e. The number of nitrogens with one attached hydrogen (secondary N) is 1. The summed E-state index contributed by atoms with van der Waals surface area (Å²) in [7, 11) is 0. The van der Waals surface area contributed by atoms with E-state index in [0.29, 0.717) is 22.6 Å². The van der Waals surface area contributed by atoms with Crippen LogP contribution in [0.3, 0.4) is 0 Å². The van der Waals surface area contributed by atoms with Crippen LogP contribution < -0.4 is 9.61 Å². The number of ether oxygens (including phenoxy) is 1. The lowest BCUT2D eigenvalue weighted by Gasteiger charge is -2.07. The van der Waals surface area contributed by atoms with Gasteiger partial charge in [0.15, 0.2) is 12.4 Å². The number of phenols is 1. The number of rotatable bonds is 6. The molecule has 0 unspecified atom stereocenters. The third kappa shape index (κ3) is 4.27. The van der Waals surface area contributed by atoms with Crippen LogP contribution in [0.1, 0.15) is 20.8 Å². The van der Waals surface area contributed by atoms with Crippen molar-refractivity contribution in [3.63, 3.8) is 0 Å². The Hall–Kier alpha value is -3.06. The molecular weight excluding hydrogens is 342 g/mol. The van der Waals surface area contributed by atoms with Gasteiger partial charge in [0, 0.05) is 12.0 Å². The molecule has 25 heavy (non-hydrogen) atoms. The van der Waals surface area contributed by atoms with Crippen molar-refractivity contribution in [2.45, 2.75) is 6.42 Å². The lowest BCUT2D eigenvalue weighted by Crippen LogP contribution is -2.11. The fourth-order valence-corrected chi connectivity index (χ4v) is 3.03. The van der Waals surface area contributed by atoms with Gasteiger partial charge >= 0.3 is 4.87 Å². The van der Waals surface area contributed by atoms with Crippen LogP contribution in [0.25, 0.3) is 0 Å². The maximum Gasteiger partial charge on any atom is 0.307 e. The number of hydrogen-bond donors (Lipinski definition) is 3. The first-order valence-corrected chi connectivity index (χ1v) is 8.28. The van der Waals surface area contributed by atoms with Crippen LogP contribution in [-0.2, 0) is 6.42 Å². The predicted octanol–water partition coefficient (Wildman–Crippen LogP) is 2.70. The Labute approximate surface area is 147 Å². The van der Waals surface area contributed by atoms with Crippen LogP contribution in [0.2, 0.25) is 0 Å². The van der Waals surface area contributed by atoms with Crippen molar-refractivity contribution in [3.05, 3.63) is 74.2 Å². The van der Waals surface area contributed by atoms with Crippen molar-refractivity contribution in [2.24, 2.45) is 0 Å². The molecule has 3 rings (SSSR count). The van der Waals surface area contributed by atoms with Crippen LogP contribution in [0.5, 0.6) is 17.4 Å². The molecular formula is C18H15NO5S. The fraction of sp³-hybridized carbons (Fsp3) is 0.111. The molecule has 128 valence electrons. The van der Waals surface area contributed by atoms with Gasteiger partial charge in [-0.1, -0.05) is 35.6 Å². The SMILES string of the molecule is O=C(COc1ccc(Cc2sc(=O)[nH]c2O)cc1)c1cccc(O)c1. The maximum atomic E-state index is 12.0. The van der Waals surface area contributed by atoms with Gasteiger partial charge < -0.3 is 14.9 Å². The highest BCUT2D eigenvalue weighted by Gasteiger charge is 2.09. The smallest absolute Gasteiger partial charge is 0.307 e. The second kappa shape index (κ2) is 7.23. The van der Waals surface area contributed by atoms with Gasteiger partial charge in [0.1, 0.15) is 11.5 Å². The summed E-state index contributed by atoms with van der Waals surface area (Å²) in [5.74, 6) is 0.225. The molecule has 0 aliphatic rings. The number of thiazole rings is 1. The number of aromatic hydroxyl groups is 2. The number of benzene rings is 2. The van der Waals surface area contributed by atoms with Gasteiger partial charge in [0.25, 0.3) is 0 Å². The highest BCUT2D eigenvalue weighted by molar-refractivity contribution is 7.09. The molecule has 0 saturated heterocycles. The molecule has 0 spiro atoms. The second-order valence-electron chi connectivity index (χ2n) is 5.37. The summed E-state index contributed by atoms with van der Waals surface area (Å²) in [5.41, 5.74) is 1.28. The quantitative estimate of drug-likeness (QED) is 0.589. The van der Waals surface area contributed by atoms with Gasteiger partial charge in [-0.3, -0.25) is 14.6 Å². The highest BCUT2D eigenvalue weighted by atomic mass is 32.1. The van der Waals surface area contributed by atoms with Gasteiger partial charge in [-0.05, 0) is 29.8 Å². The second-order valence-corrected chi connectivity index (χ2v) is 6.44. The molecule has 0 atom stereocenters. The molecule has 6 nitrogen and oxygen atoms in total. The molecule has 0 aliphatic heterocycles. The van der Waals surface area contributed by atoms with E-state index in [1.165, 1.54) is 12.1 Å². The van der Waals surface area contributed by atoms with Gasteiger partial charge in [0.05, 0.1) is 4.88 Å². The molecule has 0 bridgehead atoms. The molecule has 1 aromatic heterocycles. The minimum atomic E-state index is -0.294. The standard InChI is InChI=1S/C18H15NO5S/c20-13-3-1-2-12(9-13)15(21)10-24-14-6-4-11(5-7-14)8-16-17(22)19-18(23)25-16/h1-7,9,20,22H,8,10H2,(H,19,23). The summed E-state index contributed by atoms with van der Waals surface area (Å²) in [5, 5.41) is 19.0. The van der Waals surface area contributed by atoms with Gasteiger partial charge in [0.2, 0.25) is 5.88 Å². The molecule has 1 heterocycles. The summed E-state index contributed by atoms with van der Waals surface area (Å²) >= 11 is 0.969. The van der Waals surface area contributed by atoms with Crippen molar-refractivity contribution >= 4 is 17.1 Å². The Kier molecular flexibility index (Phi) is 4.85. The molecule has 7 heteroatoms. The molecule has 2 aromatic carbocycles. The first-order valence-electron chi connectivity index (χ1n) is 7.46. The van der Waals surface area contributed by atoms with E-state index < -0.39 is 0 Å². The van der Waals surface area contributed by atoms with Crippen molar-refractivity contribution in [1.82, 2.24) is 4.98 Å². The molecule has 3 N–H and O–H groups in total. The Morgan fingerprint density at radius 3 is 2.52 bits per heavy atom. The van der Waals surface area contributed by atoms with Crippen molar-refractivity contribution in [3.8, 4) is 17.4 Å². The van der Waals surface area contributed by atoms with Crippen LogP contribution in [0.4, 0.5) is 0 Å². The monoisotopic (exact) mass is 357 g/mol. The van der Waals surface area contributed by atoms with E-state index >= 15 is 0 Å². The first kappa shape index (κ1) is 16.8. The molecule has 0 aliphatic carbocycles. The highest BCUT2D eigenvalue weighted by Crippen LogP contribution is 2.22. The van der Waals surface area contributed by atoms with E-state index in [1.807, 2.05) is 0 Å². The number of carbonyl (C=O) groups is 1. The van der Waals surface area contributed by atoms with E-state index in [4.69, 9.17) is 4.74 Å². The van der Waals surface area contributed by atoms with Crippen LogP contribution >= 0.6 is 11.3 Å². The average Bonchev–Trinajstić information content (AvgIpc) is 2.91. The molecule has 0 radical (unpaired) electrons. The van der Waals surface area contributed by atoms with Crippen LogP contribution in [0.15, 0.2) is 53.3 Å². The Morgan fingerprint density at radius 1 is 1.12 bits per heavy atom. The van der Waals surface area contributed by atoms with E-state index in [-0.39, 0.29) is 28.9 Å². The number of carbonyl (C=O) groups excluding carboxylic acids is 1. The van der Waals surface area contributed by atoms with E-state index in [1.54, 1.807) is 36.4 Å². The third-order valence-corrected chi connectivity index (χ3v) is 4.40. The third-order valence-electron chi connectivity index (χ3n) is 3.53. The normalized spacial score (nSPS) is 10.6. The average molecular weight is 357 g/mol. The first-order chi connectivity index (χ1) is 12.0. The maximum absolute atomic E-state index is 12.0. The topological polar surface area (TPSA) is 99.6 Å². The van der Waals surface area contributed by atoms with E-state index in [2.05, 4.69) is 4.98 Å². The number of Topliss-reactive ketones (excluding diaryl/α,β-unsaturated/α-hetero) is 1. The number of aromatic nitrogens is 1. The van der Waals surface area contributed by atoms with Crippen LogP contribution in [0, 0.1) is 0 Å². The zero-order valence-corrected chi connectivity index (χ0v) is 13.9. The predicted molar refractivity (Wildman–Crippen MR) is 93.8 cm³/mol. The number of aromatic amines is 1. The zero-order chi connectivity index (χ0) is 17.8. The fourth-order valence-electron chi connectivity index (χ4n) is 2.27. The molecule has 3 aromatic rings. The largest absolute Gasteiger partial charge is 0.508 e. The van der Waals surface area contributed by atoms with Crippen molar-refractivity contribution < 1.29 is 19.7 Å². The van der Waals surface area contributed by atoms with E-state index in [9.17, 15) is 19.8 Å².